The molecule has 3 rings (SSSR count). The standard InChI is InChI=1S/C15H13F2NO/c16-13-6-5-11(7-14(13)17)18-8-10-9-19-15-4-2-1-3-12(10)15/h1-7,10,18H,8-9H2. The number of para-hydroxylation sites is 1. The van der Waals surface area contributed by atoms with Gasteiger partial charge in [0.1, 0.15) is 5.75 Å². The minimum atomic E-state index is -0.840. The molecule has 1 N–H and O–H groups in total. The fourth-order valence-electron chi connectivity index (χ4n) is 2.25. The summed E-state index contributed by atoms with van der Waals surface area (Å²) in [6.07, 6.45) is 0. The maximum Gasteiger partial charge on any atom is 0.160 e. The van der Waals surface area contributed by atoms with E-state index in [9.17, 15) is 8.78 Å². The molecule has 1 unspecified atom stereocenters. The first-order chi connectivity index (χ1) is 9.24. The zero-order valence-corrected chi connectivity index (χ0v) is 10.2. The topological polar surface area (TPSA) is 21.3 Å². The van der Waals surface area contributed by atoms with Crippen LogP contribution in [-0.2, 0) is 0 Å². The van der Waals surface area contributed by atoms with E-state index in [4.69, 9.17) is 4.74 Å². The van der Waals surface area contributed by atoms with Crippen molar-refractivity contribution < 1.29 is 13.5 Å². The van der Waals surface area contributed by atoms with Gasteiger partial charge < -0.3 is 10.1 Å². The molecule has 2 aromatic carbocycles. The SMILES string of the molecule is Fc1ccc(NCC2COc3ccccc32)cc1F. The van der Waals surface area contributed by atoms with Gasteiger partial charge in [0, 0.05) is 23.7 Å². The van der Waals surface area contributed by atoms with E-state index >= 15 is 0 Å². The van der Waals surface area contributed by atoms with E-state index in [1.165, 1.54) is 6.07 Å². The molecule has 1 aliphatic heterocycles. The van der Waals surface area contributed by atoms with E-state index in [0.717, 1.165) is 23.4 Å². The van der Waals surface area contributed by atoms with Crippen molar-refractivity contribution in [3.8, 4) is 5.75 Å². The van der Waals surface area contributed by atoms with Gasteiger partial charge in [0.25, 0.3) is 0 Å². The Morgan fingerprint density at radius 3 is 2.79 bits per heavy atom. The first-order valence-corrected chi connectivity index (χ1v) is 6.14. The van der Waals surface area contributed by atoms with Crippen LogP contribution in [0.5, 0.6) is 5.75 Å². The molecule has 1 atom stereocenters. The van der Waals surface area contributed by atoms with Crippen molar-refractivity contribution in [2.24, 2.45) is 0 Å². The van der Waals surface area contributed by atoms with Gasteiger partial charge in [-0.05, 0) is 24.3 Å². The third kappa shape index (κ3) is 2.38. The van der Waals surface area contributed by atoms with Crippen LogP contribution in [0.1, 0.15) is 11.5 Å². The average Bonchev–Trinajstić information content (AvgIpc) is 2.83. The molecule has 19 heavy (non-hydrogen) atoms. The normalized spacial score (nSPS) is 16.8. The molecule has 0 amide bonds. The van der Waals surface area contributed by atoms with Crippen molar-refractivity contribution in [2.75, 3.05) is 18.5 Å². The summed E-state index contributed by atoms with van der Waals surface area (Å²) in [5.74, 6) is -0.544. The highest BCUT2D eigenvalue weighted by molar-refractivity contribution is 5.46. The van der Waals surface area contributed by atoms with Crippen molar-refractivity contribution >= 4 is 5.69 Å². The molecule has 0 bridgehead atoms. The number of nitrogens with one attached hydrogen (secondary N) is 1. The Morgan fingerprint density at radius 2 is 1.95 bits per heavy atom. The van der Waals surface area contributed by atoms with E-state index in [0.29, 0.717) is 18.8 Å². The number of fused-ring (bicyclic) bond motifs is 1. The first-order valence-electron chi connectivity index (χ1n) is 6.14. The highest BCUT2D eigenvalue weighted by Gasteiger charge is 2.23. The van der Waals surface area contributed by atoms with Gasteiger partial charge in [-0.15, -0.1) is 0 Å². The summed E-state index contributed by atoms with van der Waals surface area (Å²) < 4.78 is 31.5. The van der Waals surface area contributed by atoms with Crippen LogP contribution in [0.4, 0.5) is 14.5 Å². The third-order valence-electron chi connectivity index (χ3n) is 3.27. The number of anilines is 1. The first kappa shape index (κ1) is 12.0. The summed E-state index contributed by atoms with van der Waals surface area (Å²) in [6.45, 7) is 1.23. The lowest BCUT2D eigenvalue weighted by molar-refractivity contribution is 0.334. The molecule has 0 saturated carbocycles. The van der Waals surface area contributed by atoms with Gasteiger partial charge in [-0.25, -0.2) is 8.78 Å². The molecule has 1 aliphatic rings. The molecule has 1 heterocycles. The minimum absolute atomic E-state index is 0.226. The molecule has 0 aliphatic carbocycles. The van der Waals surface area contributed by atoms with Crippen LogP contribution in [0.2, 0.25) is 0 Å². The molecule has 2 nitrogen and oxygen atoms in total. The van der Waals surface area contributed by atoms with Gasteiger partial charge in [-0.2, -0.15) is 0 Å². The fourth-order valence-corrected chi connectivity index (χ4v) is 2.25. The molecule has 2 aromatic rings. The zero-order chi connectivity index (χ0) is 13.2. The van der Waals surface area contributed by atoms with Gasteiger partial charge in [-0.3, -0.25) is 0 Å². The second kappa shape index (κ2) is 4.88. The summed E-state index contributed by atoms with van der Waals surface area (Å²) in [5, 5.41) is 3.11. The largest absolute Gasteiger partial charge is 0.493 e. The lowest BCUT2D eigenvalue weighted by Gasteiger charge is -2.11. The third-order valence-corrected chi connectivity index (χ3v) is 3.27. The number of rotatable bonds is 3. The molecular formula is C15H13F2NO. The van der Waals surface area contributed by atoms with Crippen LogP contribution < -0.4 is 10.1 Å². The minimum Gasteiger partial charge on any atom is -0.493 e. The lowest BCUT2D eigenvalue weighted by Crippen LogP contribution is -2.14. The van der Waals surface area contributed by atoms with Crippen molar-refractivity contribution in [1.82, 2.24) is 0 Å². The highest BCUT2D eigenvalue weighted by atomic mass is 19.2. The Labute approximate surface area is 110 Å². The maximum atomic E-state index is 13.1. The van der Waals surface area contributed by atoms with Crippen LogP contribution in [0.3, 0.4) is 0 Å². The van der Waals surface area contributed by atoms with E-state index in [-0.39, 0.29) is 5.92 Å². The van der Waals surface area contributed by atoms with Crippen molar-refractivity contribution in [2.45, 2.75) is 5.92 Å². The van der Waals surface area contributed by atoms with Gasteiger partial charge in [0.2, 0.25) is 0 Å². The quantitative estimate of drug-likeness (QED) is 0.912. The Hall–Kier alpha value is -2.10. The lowest BCUT2D eigenvalue weighted by atomic mass is 10.0. The van der Waals surface area contributed by atoms with Crippen molar-refractivity contribution in [1.29, 1.82) is 0 Å². The number of ether oxygens (including phenoxy) is 1. The van der Waals surface area contributed by atoms with Gasteiger partial charge in [0.15, 0.2) is 11.6 Å². The molecule has 0 radical (unpaired) electrons. The Balaban J connectivity index is 1.69. The predicted octanol–water partition coefficient (Wildman–Crippen LogP) is 3.55. The summed E-state index contributed by atoms with van der Waals surface area (Å²) >= 11 is 0. The maximum absolute atomic E-state index is 13.1. The summed E-state index contributed by atoms with van der Waals surface area (Å²) in [7, 11) is 0. The van der Waals surface area contributed by atoms with Crippen LogP contribution >= 0.6 is 0 Å². The Kier molecular flexibility index (Phi) is 3.07. The van der Waals surface area contributed by atoms with Crippen LogP contribution in [0, 0.1) is 11.6 Å². The van der Waals surface area contributed by atoms with E-state index in [1.54, 1.807) is 0 Å². The Bertz CT molecular complexity index is 600. The number of hydrogen-bond donors (Lipinski definition) is 1. The molecule has 0 saturated heterocycles. The number of hydrogen-bond acceptors (Lipinski definition) is 2. The van der Waals surface area contributed by atoms with Crippen LogP contribution in [0.25, 0.3) is 0 Å². The predicted molar refractivity (Wildman–Crippen MR) is 69.5 cm³/mol. The van der Waals surface area contributed by atoms with Crippen LogP contribution in [0.15, 0.2) is 42.5 Å². The fraction of sp³-hybridized carbons (Fsp3) is 0.200. The average molecular weight is 261 g/mol. The smallest absolute Gasteiger partial charge is 0.160 e. The second-order valence-electron chi connectivity index (χ2n) is 4.56. The molecule has 98 valence electrons. The van der Waals surface area contributed by atoms with Crippen molar-refractivity contribution in [3.05, 3.63) is 59.7 Å². The summed E-state index contributed by atoms with van der Waals surface area (Å²) in [5.41, 5.74) is 1.72. The van der Waals surface area contributed by atoms with E-state index in [2.05, 4.69) is 5.32 Å². The highest BCUT2D eigenvalue weighted by Crippen LogP contribution is 2.33. The summed E-state index contributed by atoms with van der Waals surface area (Å²) in [6, 6.07) is 11.7. The van der Waals surface area contributed by atoms with E-state index < -0.39 is 11.6 Å². The Morgan fingerprint density at radius 1 is 1.11 bits per heavy atom. The molecule has 4 heteroatoms. The number of halogens is 2. The molecular weight excluding hydrogens is 248 g/mol. The monoisotopic (exact) mass is 261 g/mol. The van der Waals surface area contributed by atoms with Crippen molar-refractivity contribution in [3.63, 3.8) is 0 Å². The molecule has 0 aromatic heterocycles. The van der Waals surface area contributed by atoms with E-state index in [1.807, 2.05) is 24.3 Å². The van der Waals surface area contributed by atoms with Gasteiger partial charge in [0.05, 0.1) is 6.61 Å². The molecule has 0 spiro atoms. The van der Waals surface area contributed by atoms with Gasteiger partial charge >= 0.3 is 0 Å². The number of benzene rings is 2. The van der Waals surface area contributed by atoms with Gasteiger partial charge in [-0.1, -0.05) is 18.2 Å². The van der Waals surface area contributed by atoms with Crippen LogP contribution in [-0.4, -0.2) is 13.2 Å². The summed E-state index contributed by atoms with van der Waals surface area (Å²) in [4.78, 5) is 0. The molecule has 0 fully saturated rings. The second-order valence-corrected chi connectivity index (χ2v) is 4.56. The zero-order valence-electron chi connectivity index (χ0n) is 10.2.